The molecular weight excluding hydrogens is 364 g/mol. The molecule has 0 aliphatic carbocycles. The molecule has 0 saturated heterocycles. The molecule has 0 saturated carbocycles. The molecule has 112 valence electrons. The number of hydrogen-bond acceptors (Lipinski definition) is 4. The number of anilines is 2. The van der Waals surface area contributed by atoms with E-state index in [1.165, 1.54) is 16.9 Å². The van der Waals surface area contributed by atoms with Gasteiger partial charge in [0.25, 0.3) is 0 Å². The van der Waals surface area contributed by atoms with E-state index in [4.69, 9.17) is 0 Å². The van der Waals surface area contributed by atoms with Crippen molar-refractivity contribution in [1.82, 2.24) is 4.98 Å². The van der Waals surface area contributed by atoms with E-state index >= 15 is 0 Å². The third kappa shape index (κ3) is 2.98. The Balaban J connectivity index is 1.98. The molecular formula is C16H13BrN2O2S. The van der Waals surface area contributed by atoms with Gasteiger partial charge in [-0.15, -0.1) is 0 Å². The van der Waals surface area contributed by atoms with Gasteiger partial charge >= 0.3 is 5.97 Å². The number of benzene rings is 2. The minimum atomic E-state index is -0.974. The molecule has 0 radical (unpaired) electrons. The summed E-state index contributed by atoms with van der Waals surface area (Å²) in [5.41, 5.74) is 2.92. The Kier molecular flexibility index (Phi) is 4.13. The van der Waals surface area contributed by atoms with Crippen molar-refractivity contribution in [3.05, 3.63) is 52.0 Å². The highest BCUT2D eigenvalue weighted by atomic mass is 79.9. The summed E-state index contributed by atoms with van der Waals surface area (Å²) < 4.78 is 1.82. The molecule has 1 heterocycles. The van der Waals surface area contributed by atoms with Gasteiger partial charge < -0.3 is 10.4 Å². The molecule has 0 bridgehead atoms. The predicted octanol–water partition coefficient (Wildman–Crippen LogP) is 5.06. The zero-order chi connectivity index (χ0) is 15.7. The quantitative estimate of drug-likeness (QED) is 0.667. The van der Waals surface area contributed by atoms with Gasteiger partial charge in [-0.1, -0.05) is 40.3 Å². The number of aromatic nitrogens is 1. The van der Waals surface area contributed by atoms with Crippen LogP contribution in [0.15, 0.2) is 40.9 Å². The lowest BCUT2D eigenvalue weighted by Crippen LogP contribution is -2.02. The molecule has 3 aromatic rings. The van der Waals surface area contributed by atoms with Crippen LogP contribution in [0.3, 0.4) is 0 Å². The third-order valence-electron chi connectivity index (χ3n) is 3.31. The van der Waals surface area contributed by atoms with Crippen molar-refractivity contribution in [3.8, 4) is 0 Å². The van der Waals surface area contributed by atoms with Gasteiger partial charge in [0.1, 0.15) is 0 Å². The Hall–Kier alpha value is -1.92. The van der Waals surface area contributed by atoms with Gasteiger partial charge in [-0.05, 0) is 42.3 Å². The molecule has 4 nitrogen and oxygen atoms in total. The van der Waals surface area contributed by atoms with Gasteiger partial charge in [-0.3, -0.25) is 0 Å². The van der Waals surface area contributed by atoms with Crippen LogP contribution in [-0.4, -0.2) is 16.1 Å². The molecule has 0 amide bonds. The molecule has 0 fully saturated rings. The number of carboxylic acid groups (broad SMARTS) is 1. The highest BCUT2D eigenvalue weighted by Crippen LogP contribution is 2.31. The smallest absolute Gasteiger partial charge is 0.337 e. The van der Waals surface area contributed by atoms with Crippen LogP contribution < -0.4 is 5.32 Å². The van der Waals surface area contributed by atoms with Crippen molar-refractivity contribution in [3.63, 3.8) is 0 Å². The largest absolute Gasteiger partial charge is 0.478 e. The maximum atomic E-state index is 11.3. The number of nitrogens with one attached hydrogen (secondary N) is 1. The van der Waals surface area contributed by atoms with Crippen LogP contribution >= 0.6 is 27.3 Å². The fraction of sp³-hybridized carbons (Fsp3) is 0.125. The Labute approximate surface area is 139 Å². The fourth-order valence-electron chi connectivity index (χ4n) is 2.16. The lowest BCUT2D eigenvalue weighted by molar-refractivity contribution is 0.0698. The van der Waals surface area contributed by atoms with Crippen LogP contribution in [0, 0.1) is 0 Å². The first-order valence-electron chi connectivity index (χ1n) is 6.76. The molecule has 22 heavy (non-hydrogen) atoms. The van der Waals surface area contributed by atoms with Gasteiger partial charge in [-0.25, -0.2) is 9.78 Å². The number of aromatic carboxylic acids is 1. The summed E-state index contributed by atoms with van der Waals surface area (Å²) in [7, 11) is 0. The summed E-state index contributed by atoms with van der Waals surface area (Å²) in [6, 6.07) is 11.3. The van der Waals surface area contributed by atoms with E-state index in [2.05, 4.69) is 45.3 Å². The van der Waals surface area contributed by atoms with Crippen LogP contribution in [0.2, 0.25) is 0 Å². The van der Waals surface area contributed by atoms with E-state index < -0.39 is 5.97 Å². The SMILES string of the molecule is CCc1ccc2nc(Nc3ccc(Br)cc3C(=O)O)sc2c1. The van der Waals surface area contributed by atoms with E-state index in [0.717, 1.165) is 21.1 Å². The normalized spacial score (nSPS) is 10.8. The number of carbonyl (C=O) groups is 1. The lowest BCUT2D eigenvalue weighted by atomic mass is 10.2. The number of carboxylic acids is 1. The molecule has 0 unspecified atom stereocenters. The zero-order valence-electron chi connectivity index (χ0n) is 11.8. The fourth-order valence-corrected chi connectivity index (χ4v) is 3.46. The Morgan fingerprint density at radius 1 is 1.32 bits per heavy atom. The van der Waals surface area contributed by atoms with Gasteiger partial charge in [0, 0.05) is 4.47 Å². The summed E-state index contributed by atoms with van der Waals surface area (Å²) >= 11 is 4.81. The minimum absolute atomic E-state index is 0.211. The van der Waals surface area contributed by atoms with Crippen molar-refractivity contribution in [2.24, 2.45) is 0 Å². The van der Waals surface area contributed by atoms with Gasteiger partial charge in [0.15, 0.2) is 5.13 Å². The van der Waals surface area contributed by atoms with Crippen molar-refractivity contribution in [2.75, 3.05) is 5.32 Å². The highest BCUT2D eigenvalue weighted by molar-refractivity contribution is 9.10. The van der Waals surface area contributed by atoms with E-state index in [-0.39, 0.29) is 5.56 Å². The Bertz CT molecular complexity index is 860. The van der Waals surface area contributed by atoms with Gasteiger partial charge in [0.2, 0.25) is 0 Å². The molecule has 0 aliphatic rings. The highest BCUT2D eigenvalue weighted by Gasteiger charge is 2.12. The molecule has 3 rings (SSSR count). The monoisotopic (exact) mass is 376 g/mol. The molecule has 0 spiro atoms. The van der Waals surface area contributed by atoms with E-state index in [1.54, 1.807) is 18.2 Å². The predicted molar refractivity (Wildman–Crippen MR) is 93.4 cm³/mol. The van der Waals surface area contributed by atoms with Crippen LogP contribution in [0.5, 0.6) is 0 Å². The summed E-state index contributed by atoms with van der Waals surface area (Å²) in [6.45, 7) is 2.11. The zero-order valence-corrected chi connectivity index (χ0v) is 14.2. The molecule has 6 heteroatoms. The Morgan fingerprint density at radius 2 is 2.14 bits per heavy atom. The minimum Gasteiger partial charge on any atom is -0.478 e. The number of halogens is 1. The van der Waals surface area contributed by atoms with Crippen LogP contribution in [0.4, 0.5) is 10.8 Å². The van der Waals surface area contributed by atoms with E-state index in [9.17, 15) is 9.90 Å². The molecule has 0 aliphatic heterocycles. The molecule has 1 aromatic heterocycles. The first kappa shape index (κ1) is 15.0. The van der Waals surface area contributed by atoms with E-state index in [0.29, 0.717) is 10.8 Å². The second kappa shape index (κ2) is 6.06. The topological polar surface area (TPSA) is 62.2 Å². The molecule has 2 N–H and O–H groups in total. The number of hydrogen-bond donors (Lipinski definition) is 2. The van der Waals surface area contributed by atoms with Crippen LogP contribution in [0.1, 0.15) is 22.8 Å². The third-order valence-corrected chi connectivity index (χ3v) is 4.74. The van der Waals surface area contributed by atoms with Crippen molar-refractivity contribution < 1.29 is 9.90 Å². The molecule has 2 aromatic carbocycles. The summed E-state index contributed by atoms with van der Waals surface area (Å²) in [4.78, 5) is 15.9. The maximum Gasteiger partial charge on any atom is 0.337 e. The first-order chi connectivity index (χ1) is 10.6. The van der Waals surface area contributed by atoms with E-state index in [1.807, 2.05) is 6.07 Å². The number of nitrogens with zero attached hydrogens (tertiary/aromatic N) is 1. The summed E-state index contributed by atoms with van der Waals surface area (Å²) in [6.07, 6.45) is 0.979. The number of fused-ring (bicyclic) bond motifs is 1. The van der Waals surface area contributed by atoms with Crippen molar-refractivity contribution in [1.29, 1.82) is 0 Å². The van der Waals surface area contributed by atoms with Crippen molar-refractivity contribution >= 4 is 54.3 Å². The van der Waals surface area contributed by atoms with Crippen molar-refractivity contribution in [2.45, 2.75) is 13.3 Å². The average molecular weight is 377 g/mol. The standard InChI is InChI=1S/C16H13BrN2O2S/c1-2-9-3-5-13-14(7-9)22-16(19-13)18-12-6-4-10(17)8-11(12)15(20)21/h3-8H,2H2,1H3,(H,18,19)(H,20,21). The first-order valence-corrected chi connectivity index (χ1v) is 8.37. The number of thiazole rings is 1. The summed E-state index contributed by atoms with van der Waals surface area (Å²) in [5, 5.41) is 13.1. The van der Waals surface area contributed by atoms with Crippen LogP contribution in [-0.2, 0) is 6.42 Å². The lowest BCUT2D eigenvalue weighted by Gasteiger charge is -2.07. The second-order valence-corrected chi connectivity index (χ2v) is 6.74. The number of aryl methyl sites for hydroxylation is 1. The Morgan fingerprint density at radius 3 is 2.86 bits per heavy atom. The maximum absolute atomic E-state index is 11.3. The summed E-state index contributed by atoms with van der Waals surface area (Å²) in [5.74, 6) is -0.974. The molecule has 0 atom stereocenters. The average Bonchev–Trinajstić information content (AvgIpc) is 2.90. The van der Waals surface area contributed by atoms with Gasteiger partial charge in [0.05, 0.1) is 21.5 Å². The number of rotatable bonds is 4. The van der Waals surface area contributed by atoms with Crippen LogP contribution in [0.25, 0.3) is 10.2 Å². The second-order valence-electron chi connectivity index (χ2n) is 4.79. The van der Waals surface area contributed by atoms with Gasteiger partial charge in [-0.2, -0.15) is 0 Å².